The van der Waals surface area contributed by atoms with E-state index in [0.717, 1.165) is 18.4 Å². The molecule has 1 atom stereocenters. The molecule has 0 bridgehead atoms. The summed E-state index contributed by atoms with van der Waals surface area (Å²) in [6.45, 7) is 4.88. The Bertz CT molecular complexity index is 662. The van der Waals surface area contributed by atoms with Gasteiger partial charge in [0.15, 0.2) is 0 Å². The van der Waals surface area contributed by atoms with E-state index in [9.17, 15) is 4.79 Å². The summed E-state index contributed by atoms with van der Waals surface area (Å²) in [7, 11) is 0. The third-order valence-electron chi connectivity index (χ3n) is 4.24. The highest BCUT2D eigenvalue weighted by Gasteiger charge is 2.25. The molecule has 1 unspecified atom stereocenters. The average molecular weight is 285 g/mol. The summed E-state index contributed by atoms with van der Waals surface area (Å²) >= 11 is 0. The molecule has 0 amide bonds. The van der Waals surface area contributed by atoms with Crippen LogP contribution in [0.1, 0.15) is 55.8 Å². The molecule has 0 saturated heterocycles. The van der Waals surface area contributed by atoms with Gasteiger partial charge in [0, 0.05) is 31.0 Å². The summed E-state index contributed by atoms with van der Waals surface area (Å²) in [5, 5.41) is 0. The predicted octanol–water partition coefficient (Wildman–Crippen LogP) is 2.81. The third kappa shape index (κ3) is 2.95. The van der Waals surface area contributed by atoms with Crippen LogP contribution in [0, 0.1) is 0 Å². The van der Waals surface area contributed by atoms with Gasteiger partial charge in [0.1, 0.15) is 0 Å². The molecule has 3 rings (SSSR count). The molecular formula is C17H23N3O. The topological polar surface area (TPSA) is 52.9 Å². The Morgan fingerprint density at radius 3 is 2.33 bits per heavy atom. The second kappa shape index (κ2) is 5.53. The van der Waals surface area contributed by atoms with Gasteiger partial charge in [-0.25, -0.2) is 4.79 Å². The van der Waals surface area contributed by atoms with Crippen LogP contribution < -0.4 is 11.4 Å². The molecule has 4 nitrogen and oxygen atoms in total. The number of hydrogen-bond acceptors (Lipinski definition) is 2. The van der Waals surface area contributed by atoms with Gasteiger partial charge in [0.25, 0.3) is 0 Å². The van der Waals surface area contributed by atoms with Crippen molar-refractivity contribution in [1.29, 1.82) is 0 Å². The van der Waals surface area contributed by atoms with E-state index in [4.69, 9.17) is 5.73 Å². The number of imidazole rings is 1. The summed E-state index contributed by atoms with van der Waals surface area (Å²) in [5.74, 6) is 0.519. The smallest absolute Gasteiger partial charge is 0.322 e. The van der Waals surface area contributed by atoms with Crippen LogP contribution in [0.3, 0.4) is 0 Å². The summed E-state index contributed by atoms with van der Waals surface area (Å²) < 4.78 is 3.55. The third-order valence-corrected chi connectivity index (χ3v) is 4.24. The first-order valence-electron chi connectivity index (χ1n) is 7.69. The van der Waals surface area contributed by atoms with Crippen LogP contribution in [-0.2, 0) is 6.54 Å². The van der Waals surface area contributed by atoms with E-state index in [-0.39, 0.29) is 11.7 Å². The van der Waals surface area contributed by atoms with Crippen molar-refractivity contribution in [2.24, 2.45) is 5.73 Å². The molecule has 4 heteroatoms. The number of nitrogens with two attached hydrogens (primary N) is 1. The first-order valence-corrected chi connectivity index (χ1v) is 7.69. The van der Waals surface area contributed by atoms with Crippen LogP contribution in [0.5, 0.6) is 0 Å². The van der Waals surface area contributed by atoms with E-state index in [2.05, 4.69) is 38.1 Å². The van der Waals surface area contributed by atoms with Gasteiger partial charge in [-0.15, -0.1) is 0 Å². The summed E-state index contributed by atoms with van der Waals surface area (Å²) in [6.07, 6.45) is 5.97. The maximum Gasteiger partial charge on any atom is 0.328 e. The number of benzene rings is 1. The van der Waals surface area contributed by atoms with E-state index in [1.54, 1.807) is 4.57 Å². The molecule has 1 fully saturated rings. The highest BCUT2D eigenvalue weighted by molar-refractivity contribution is 5.26. The molecule has 112 valence electrons. The number of nitrogens with zero attached hydrogens (tertiary/aromatic N) is 2. The Balaban J connectivity index is 1.73. The van der Waals surface area contributed by atoms with Crippen molar-refractivity contribution in [3.63, 3.8) is 0 Å². The van der Waals surface area contributed by atoms with Gasteiger partial charge in [0.05, 0.1) is 0 Å². The number of hydrogen-bond donors (Lipinski definition) is 1. The fourth-order valence-electron chi connectivity index (χ4n) is 2.64. The zero-order chi connectivity index (χ0) is 15.0. The molecule has 1 saturated carbocycles. The van der Waals surface area contributed by atoms with Gasteiger partial charge in [0.2, 0.25) is 0 Å². The Labute approximate surface area is 125 Å². The highest BCUT2D eigenvalue weighted by atomic mass is 16.1. The molecule has 1 heterocycles. The molecule has 1 aromatic carbocycles. The van der Waals surface area contributed by atoms with Gasteiger partial charge in [-0.05, 0) is 29.9 Å². The normalized spacial score (nSPS) is 16.4. The quantitative estimate of drug-likeness (QED) is 0.918. The van der Waals surface area contributed by atoms with E-state index >= 15 is 0 Å². The van der Waals surface area contributed by atoms with Crippen LogP contribution in [-0.4, -0.2) is 9.13 Å². The van der Waals surface area contributed by atoms with Crippen LogP contribution >= 0.6 is 0 Å². The fourth-order valence-corrected chi connectivity index (χ4v) is 2.64. The van der Waals surface area contributed by atoms with E-state index in [0.29, 0.717) is 18.5 Å². The van der Waals surface area contributed by atoms with Gasteiger partial charge < -0.3 is 5.73 Å². The Kier molecular flexibility index (Phi) is 3.72. The number of aromatic nitrogens is 2. The van der Waals surface area contributed by atoms with Crippen molar-refractivity contribution in [1.82, 2.24) is 9.13 Å². The lowest BCUT2D eigenvalue weighted by molar-refractivity contribution is 0.545. The van der Waals surface area contributed by atoms with Gasteiger partial charge >= 0.3 is 5.69 Å². The molecule has 0 spiro atoms. The summed E-state index contributed by atoms with van der Waals surface area (Å²) in [6, 6.07) is 8.65. The second-order valence-corrected chi connectivity index (χ2v) is 6.30. The lowest BCUT2D eigenvalue weighted by Crippen LogP contribution is -2.28. The van der Waals surface area contributed by atoms with Crippen LogP contribution in [0.15, 0.2) is 41.5 Å². The molecule has 1 aliphatic carbocycles. The molecule has 0 radical (unpaired) electrons. The maximum atomic E-state index is 12.2. The van der Waals surface area contributed by atoms with Crippen molar-refractivity contribution in [2.45, 2.75) is 51.2 Å². The predicted molar refractivity (Wildman–Crippen MR) is 84.4 cm³/mol. The molecule has 1 aliphatic rings. The second-order valence-electron chi connectivity index (χ2n) is 6.30. The molecule has 0 aliphatic heterocycles. The summed E-state index contributed by atoms with van der Waals surface area (Å²) in [5.41, 5.74) is 8.70. The van der Waals surface area contributed by atoms with Crippen LogP contribution in [0.4, 0.5) is 0 Å². The van der Waals surface area contributed by atoms with E-state index in [1.807, 2.05) is 17.0 Å². The minimum Gasteiger partial charge on any atom is -0.322 e. The largest absolute Gasteiger partial charge is 0.328 e. The first kappa shape index (κ1) is 14.1. The SMILES string of the molecule is CC(C)c1ccc(C(N)Cn2ccn(C3CC3)c2=O)cc1. The molecule has 21 heavy (non-hydrogen) atoms. The molecule has 2 aromatic rings. The minimum absolute atomic E-state index is 0.0618. The lowest BCUT2D eigenvalue weighted by atomic mass is 9.99. The Morgan fingerprint density at radius 2 is 1.76 bits per heavy atom. The zero-order valence-electron chi connectivity index (χ0n) is 12.7. The highest BCUT2D eigenvalue weighted by Crippen LogP contribution is 2.33. The molecule has 1 aromatic heterocycles. The van der Waals surface area contributed by atoms with Crippen molar-refractivity contribution in [3.8, 4) is 0 Å². The maximum absolute atomic E-state index is 12.2. The van der Waals surface area contributed by atoms with Crippen LogP contribution in [0.25, 0.3) is 0 Å². The summed E-state index contributed by atoms with van der Waals surface area (Å²) in [4.78, 5) is 12.2. The number of rotatable bonds is 5. The van der Waals surface area contributed by atoms with Crippen LogP contribution in [0.2, 0.25) is 0 Å². The molecule has 2 N–H and O–H groups in total. The average Bonchev–Trinajstić information content (AvgIpc) is 3.25. The lowest BCUT2D eigenvalue weighted by Gasteiger charge is -2.14. The minimum atomic E-state index is -0.154. The van der Waals surface area contributed by atoms with Crippen molar-refractivity contribution >= 4 is 0 Å². The monoisotopic (exact) mass is 285 g/mol. The standard InChI is InChI=1S/C17H23N3O/c1-12(2)13-3-5-14(6-4-13)16(18)11-19-9-10-20(17(19)21)15-7-8-15/h3-6,9-10,12,15-16H,7-8,11,18H2,1-2H3. The van der Waals surface area contributed by atoms with E-state index in [1.165, 1.54) is 5.56 Å². The van der Waals surface area contributed by atoms with Gasteiger partial charge in [-0.1, -0.05) is 38.1 Å². The van der Waals surface area contributed by atoms with Crippen molar-refractivity contribution in [2.75, 3.05) is 0 Å². The Morgan fingerprint density at radius 1 is 1.14 bits per heavy atom. The molecular weight excluding hydrogens is 262 g/mol. The van der Waals surface area contributed by atoms with Crippen molar-refractivity contribution in [3.05, 3.63) is 58.3 Å². The first-order chi connectivity index (χ1) is 10.1. The zero-order valence-corrected chi connectivity index (χ0v) is 12.7. The van der Waals surface area contributed by atoms with Crippen molar-refractivity contribution < 1.29 is 0 Å². The van der Waals surface area contributed by atoms with E-state index < -0.39 is 0 Å². The van der Waals surface area contributed by atoms with Gasteiger partial charge in [-0.3, -0.25) is 9.13 Å². The van der Waals surface area contributed by atoms with Gasteiger partial charge in [-0.2, -0.15) is 0 Å². The Hall–Kier alpha value is -1.81. The fraction of sp³-hybridized carbons (Fsp3) is 0.471.